The van der Waals surface area contributed by atoms with Crippen LogP contribution in [0.25, 0.3) is 0 Å². The molecule has 198 valence electrons. The fourth-order valence-electron chi connectivity index (χ4n) is 5.07. The van der Waals surface area contributed by atoms with Gasteiger partial charge in [0.25, 0.3) is 0 Å². The molecule has 0 saturated carbocycles. The highest BCUT2D eigenvalue weighted by atomic mass is 32.2. The highest BCUT2D eigenvalue weighted by molar-refractivity contribution is 7.91. The first-order valence-corrected chi connectivity index (χ1v) is 14.8. The van der Waals surface area contributed by atoms with E-state index in [1.165, 1.54) is 0 Å². The molecule has 0 fully saturated rings. The quantitative estimate of drug-likeness (QED) is 0.369. The van der Waals surface area contributed by atoms with E-state index in [9.17, 15) is 18.3 Å². The highest BCUT2D eigenvalue weighted by Gasteiger charge is 2.42. The summed E-state index contributed by atoms with van der Waals surface area (Å²) in [5.74, 6) is -0.818. The second-order valence-electron chi connectivity index (χ2n) is 10.9. The van der Waals surface area contributed by atoms with Crippen molar-refractivity contribution in [2.75, 3.05) is 17.2 Å². The summed E-state index contributed by atoms with van der Waals surface area (Å²) in [6.07, 6.45) is 5.80. The topological polar surface area (TPSA) is 86.7 Å². The molecule has 0 amide bonds. The van der Waals surface area contributed by atoms with Gasteiger partial charge < -0.3 is 10.0 Å². The van der Waals surface area contributed by atoms with Crippen molar-refractivity contribution in [3.63, 3.8) is 0 Å². The molecule has 0 unspecified atom stereocenters. The van der Waals surface area contributed by atoms with E-state index >= 15 is 0 Å². The molecular formula is C29H42N2O4S. The summed E-state index contributed by atoms with van der Waals surface area (Å²) in [6, 6.07) is 13.8. The lowest BCUT2D eigenvalue weighted by Gasteiger charge is -2.37. The van der Waals surface area contributed by atoms with E-state index in [1.807, 2.05) is 43.3 Å². The number of sulfone groups is 1. The Labute approximate surface area is 217 Å². The Kier molecular flexibility index (Phi) is 8.88. The van der Waals surface area contributed by atoms with Crippen LogP contribution in [0.1, 0.15) is 77.3 Å². The van der Waals surface area contributed by atoms with Crippen LogP contribution >= 0.6 is 0 Å². The van der Waals surface area contributed by atoms with Crippen LogP contribution in [0.3, 0.4) is 0 Å². The third-order valence-electron chi connectivity index (χ3n) is 7.48. The number of aliphatic carboxylic acids is 1. The Balaban J connectivity index is 2.16. The molecule has 0 atom stereocenters. The lowest BCUT2D eigenvalue weighted by molar-refractivity contribution is -0.143. The van der Waals surface area contributed by atoms with Gasteiger partial charge in [0.1, 0.15) is 5.54 Å². The van der Waals surface area contributed by atoms with Gasteiger partial charge in [-0.25, -0.2) is 8.42 Å². The highest BCUT2D eigenvalue weighted by Crippen LogP contribution is 2.45. The minimum absolute atomic E-state index is 0.132. The second kappa shape index (κ2) is 11.3. The van der Waals surface area contributed by atoms with Crippen molar-refractivity contribution >= 4 is 27.2 Å². The Bertz CT molecular complexity index is 1150. The number of carboxylic acid groups (broad SMARTS) is 1. The smallest absolute Gasteiger partial charge is 0.323 e. The number of nitrogens with one attached hydrogen (secondary N) is 1. The number of rotatable bonds is 11. The summed E-state index contributed by atoms with van der Waals surface area (Å²) in [5.41, 5.74) is 1.99. The number of carboxylic acids is 1. The molecule has 0 aliphatic carbocycles. The molecule has 0 saturated heterocycles. The van der Waals surface area contributed by atoms with Gasteiger partial charge in [0, 0.05) is 24.2 Å². The van der Waals surface area contributed by atoms with E-state index in [4.69, 9.17) is 0 Å². The lowest BCUT2D eigenvalue weighted by atomic mass is 9.79. The van der Waals surface area contributed by atoms with E-state index in [0.29, 0.717) is 11.4 Å². The van der Waals surface area contributed by atoms with Gasteiger partial charge in [-0.3, -0.25) is 10.1 Å². The van der Waals surface area contributed by atoms with Crippen molar-refractivity contribution in [2.45, 2.75) is 90.1 Å². The van der Waals surface area contributed by atoms with Gasteiger partial charge in [0.05, 0.1) is 16.3 Å². The first-order valence-electron chi connectivity index (χ1n) is 13.1. The lowest BCUT2D eigenvalue weighted by Crippen LogP contribution is -2.46. The standard InChI is InChI=1S/C29H42N2O4S/c1-6-8-15-29(16-9-7-2)20-31(24-13-11-10-12-14-24)25-17-22(3)23(18-26(25)36(34,35)21-29)19-30-28(4,5)27(32)33/h10-14,17-18,30H,6-9,15-16,19-21H2,1-5H3,(H,32,33). The van der Waals surface area contributed by atoms with Crippen LogP contribution in [-0.2, 0) is 21.2 Å². The van der Waals surface area contributed by atoms with E-state index in [-0.39, 0.29) is 17.7 Å². The van der Waals surface area contributed by atoms with Crippen molar-refractivity contribution in [2.24, 2.45) is 5.41 Å². The number of hydrogen-bond acceptors (Lipinski definition) is 5. The number of fused-ring (bicyclic) bond motifs is 1. The van der Waals surface area contributed by atoms with Crippen LogP contribution < -0.4 is 10.2 Å². The molecule has 0 bridgehead atoms. The van der Waals surface area contributed by atoms with Gasteiger partial charge >= 0.3 is 5.97 Å². The fraction of sp³-hybridized carbons (Fsp3) is 0.552. The van der Waals surface area contributed by atoms with Gasteiger partial charge in [0.2, 0.25) is 0 Å². The minimum atomic E-state index is -3.58. The second-order valence-corrected chi connectivity index (χ2v) is 12.9. The zero-order chi connectivity index (χ0) is 26.6. The van der Waals surface area contributed by atoms with Gasteiger partial charge in [-0.15, -0.1) is 0 Å². The van der Waals surface area contributed by atoms with Gasteiger partial charge in [-0.05, 0) is 69.0 Å². The van der Waals surface area contributed by atoms with Crippen molar-refractivity contribution in [3.8, 4) is 0 Å². The van der Waals surface area contributed by atoms with E-state index in [1.54, 1.807) is 19.9 Å². The van der Waals surface area contributed by atoms with Crippen molar-refractivity contribution in [3.05, 3.63) is 53.6 Å². The third-order valence-corrected chi connectivity index (χ3v) is 9.47. The SMILES string of the molecule is CCCCC1(CCCC)CN(c2ccccc2)c2cc(C)c(CNC(C)(C)C(=O)O)cc2S(=O)(=O)C1. The molecule has 36 heavy (non-hydrogen) atoms. The van der Waals surface area contributed by atoms with Crippen LogP contribution in [0.2, 0.25) is 0 Å². The molecule has 2 N–H and O–H groups in total. The predicted molar refractivity (Wildman–Crippen MR) is 147 cm³/mol. The molecule has 1 heterocycles. The largest absolute Gasteiger partial charge is 0.480 e. The Morgan fingerprint density at radius 1 is 1.08 bits per heavy atom. The number of anilines is 2. The normalized spacial score (nSPS) is 16.9. The number of aryl methyl sites for hydroxylation is 1. The Hall–Kier alpha value is -2.38. The summed E-state index contributed by atoms with van der Waals surface area (Å²) in [7, 11) is -3.58. The molecule has 7 heteroatoms. The van der Waals surface area contributed by atoms with Gasteiger partial charge in [-0.2, -0.15) is 0 Å². The van der Waals surface area contributed by atoms with E-state index in [2.05, 4.69) is 24.1 Å². The van der Waals surface area contributed by atoms with Crippen LogP contribution in [0.5, 0.6) is 0 Å². The number of carbonyl (C=O) groups is 1. The Morgan fingerprint density at radius 2 is 1.69 bits per heavy atom. The first-order chi connectivity index (χ1) is 16.9. The van der Waals surface area contributed by atoms with Crippen LogP contribution in [-0.4, -0.2) is 37.3 Å². The molecule has 0 aromatic heterocycles. The van der Waals surface area contributed by atoms with Crippen LogP contribution in [0.4, 0.5) is 11.4 Å². The third kappa shape index (κ3) is 6.30. The summed E-state index contributed by atoms with van der Waals surface area (Å²) in [6.45, 7) is 10.4. The molecular weight excluding hydrogens is 472 g/mol. The zero-order valence-electron chi connectivity index (χ0n) is 22.4. The number of unbranched alkanes of at least 4 members (excludes halogenated alkanes) is 2. The van der Waals surface area contributed by atoms with Crippen LogP contribution in [0, 0.1) is 12.3 Å². The monoisotopic (exact) mass is 514 g/mol. The van der Waals surface area contributed by atoms with Crippen molar-refractivity contribution in [1.82, 2.24) is 5.32 Å². The fourth-order valence-corrected chi connectivity index (χ4v) is 7.22. The molecule has 2 aromatic carbocycles. The first kappa shape index (κ1) is 28.2. The minimum Gasteiger partial charge on any atom is -0.480 e. The molecule has 0 radical (unpaired) electrons. The predicted octanol–water partition coefficient (Wildman–Crippen LogP) is 6.24. The van der Waals surface area contributed by atoms with Crippen LogP contribution in [0.15, 0.2) is 47.4 Å². The maximum Gasteiger partial charge on any atom is 0.323 e. The van der Waals surface area contributed by atoms with E-state index < -0.39 is 21.3 Å². The zero-order valence-corrected chi connectivity index (χ0v) is 23.2. The molecule has 1 aliphatic heterocycles. The number of nitrogens with zero attached hydrogens (tertiary/aromatic N) is 1. The maximum atomic E-state index is 14.0. The van der Waals surface area contributed by atoms with E-state index in [0.717, 1.165) is 61.0 Å². The average molecular weight is 515 g/mol. The molecule has 0 spiro atoms. The molecule has 3 rings (SSSR count). The van der Waals surface area contributed by atoms with Crippen molar-refractivity contribution < 1.29 is 18.3 Å². The molecule has 1 aliphatic rings. The maximum absolute atomic E-state index is 14.0. The van der Waals surface area contributed by atoms with Gasteiger partial charge in [0.15, 0.2) is 9.84 Å². The number of benzene rings is 2. The molecule has 2 aromatic rings. The average Bonchev–Trinajstić information content (AvgIpc) is 2.92. The summed E-state index contributed by atoms with van der Waals surface area (Å²) in [4.78, 5) is 14.1. The number of para-hydroxylation sites is 1. The van der Waals surface area contributed by atoms with Crippen molar-refractivity contribution in [1.29, 1.82) is 0 Å². The summed E-state index contributed by atoms with van der Waals surface area (Å²) in [5, 5.41) is 12.6. The molecule has 6 nitrogen and oxygen atoms in total. The Morgan fingerprint density at radius 3 is 2.25 bits per heavy atom. The van der Waals surface area contributed by atoms with Gasteiger partial charge in [-0.1, -0.05) is 57.7 Å². The summed E-state index contributed by atoms with van der Waals surface area (Å²) >= 11 is 0. The summed E-state index contributed by atoms with van der Waals surface area (Å²) < 4.78 is 28.1. The number of hydrogen-bond donors (Lipinski definition) is 2.